The maximum Gasteiger partial charge on any atom is 0.0888 e. The summed E-state index contributed by atoms with van der Waals surface area (Å²) in [5.41, 5.74) is 0. The van der Waals surface area contributed by atoms with Gasteiger partial charge in [0.2, 0.25) is 0 Å². The monoisotopic (exact) mass is 172 g/mol. The molecule has 2 fully saturated rings. The Morgan fingerprint density at radius 3 is 3.17 bits per heavy atom. The Morgan fingerprint density at radius 1 is 1.42 bits per heavy atom. The lowest BCUT2D eigenvalue weighted by molar-refractivity contribution is 0.0561. The smallest absolute Gasteiger partial charge is 0.0888 e. The van der Waals surface area contributed by atoms with Crippen LogP contribution < -0.4 is 0 Å². The Kier molecular flexibility index (Phi) is 2.63. The Labute approximate surface area is 73.0 Å². The highest BCUT2D eigenvalue weighted by Gasteiger charge is 2.41. The highest BCUT2D eigenvalue weighted by Crippen LogP contribution is 2.32. The molecular formula is C9H16O3. The van der Waals surface area contributed by atoms with E-state index in [2.05, 4.69) is 0 Å². The summed E-state index contributed by atoms with van der Waals surface area (Å²) in [6.07, 6.45) is 2.89. The zero-order chi connectivity index (χ0) is 8.39. The summed E-state index contributed by atoms with van der Waals surface area (Å²) in [4.78, 5) is 0. The minimum Gasteiger partial charge on any atom is -0.385 e. The van der Waals surface area contributed by atoms with Gasteiger partial charge in [-0.1, -0.05) is 0 Å². The van der Waals surface area contributed by atoms with Crippen LogP contribution in [0.5, 0.6) is 0 Å². The summed E-state index contributed by atoms with van der Waals surface area (Å²) >= 11 is 0. The molecule has 0 saturated carbocycles. The third-order valence-electron chi connectivity index (χ3n) is 2.76. The van der Waals surface area contributed by atoms with E-state index in [1.807, 2.05) is 0 Å². The van der Waals surface area contributed by atoms with Gasteiger partial charge >= 0.3 is 0 Å². The minimum atomic E-state index is 0.361. The molecule has 0 bridgehead atoms. The highest BCUT2D eigenvalue weighted by atomic mass is 16.6. The second-order valence-corrected chi connectivity index (χ2v) is 3.54. The number of hydrogen-bond acceptors (Lipinski definition) is 3. The maximum atomic E-state index is 5.61. The molecule has 2 rings (SSSR count). The van der Waals surface area contributed by atoms with Crippen molar-refractivity contribution in [3.63, 3.8) is 0 Å². The lowest BCUT2D eigenvalue weighted by Gasteiger charge is -2.14. The molecule has 3 unspecified atom stereocenters. The van der Waals surface area contributed by atoms with Crippen molar-refractivity contribution < 1.29 is 14.2 Å². The van der Waals surface area contributed by atoms with Gasteiger partial charge in [0.25, 0.3) is 0 Å². The lowest BCUT2D eigenvalue weighted by atomic mass is 9.99. The molecule has 0 radical (unpaired) electrons. The summed E-state index contributed by atoms with van der Waals surface area (Å²) in [5, 5.41) is 0. The van der Waals surface area contributed by atoms with Crippen LogP contribution in [0.3, 0.4) is 0 Å². The van der Waals surface area contributed by atoms with Crippen molar-refractivity contribution in [3.05, 3.63) is 0 Å². The fourth-order valence-electron chi connectivity index (χ4n) is 2.07. The lowest BCUT2D eigenvalue weighted by Crippen LogP contribution is -2.23. The van der Waals surface area contributed by atoms with Gasteiger partial charge in [-0.25, -0.2) is 0 Å². The van der Waals surface area contributed by atoms with E-state index in [1.165, 1.54) is 0 Å². The van der Waals surface area contributed by atoms with Gasteiger partial charge in [-0.05, 0) is 12.8 Å². The molecule has 0 spiro atoms. The average Bonchev–Trinajstić information content (AvgIpc) is 2.62. The Balaban J connectivity index is 1.83. The minimum absolute atomic E-state index is 0.361. The molecule has 0 aliphatic carbocycles. The molecule has 0 aromatic rings. The van der Waals surface area contributed by atoms with Crippen LogP contribution in [0.2, 0.25) is 0 Å². The van der Waals surface area contributed by atoms with Gasteiger partial charge in [-0.15, -0.1) is 0 Å². The quantitative estimate of drug-likeness (QED) is 0.631. The highest BCUT2D eigenvalue weighted by molar-refractivity contribution is 4.88. The normalized spacial score (nSPS) is 40.2. The molecular weight excluding hydrogens is 156 g/mol. The van der Waals surface area contributed by atoms with Crippen LogP contribution in [0.15, 0.2) is 0 Å². The van der Waals surface area contributed by atoms with Gasteiger partial charge in [-0.3, -0.25) is 0 Å². The molecule has 2 heterocycles. The molecule has 0 aromatic carbocycles. The molecule has 0 amide bonds. The van der Waals surface area contributed by atoms with E-state index in [9.17, 15) is 0 Å². The molecule has 3 atom stereocenters. The first-order valence-corrected chi connectivity index (χ1v) is 4.64. The van der Waals surface area contributed by atoms with E-state index in [4.69, 9.17) is 14.2 Å². The number of fused-ring (bicyclic) bond motifs is 1. The third kappa shape index (κ3) is 1.49. The van der Waals surface area contributed by atoms with Crippen LogP contribution in [0.1, 0.15) is 12.8 Å². The maximum absolute atomic E-state index is 5.61. The van der Waals surface area contributed by atoms with Gasteiger partial charge < -0.3 is 14.2 Å². The van der Waals surface area contributed by atoms with E-state index in [0.717, 1.165) is 32.7 Å². The van der Waals surface area contributed by atoms with Gasteiger partial charge in [0, 0.05) is 26.2 Å². The van der Waals surface area contributed by atoms with Crippen molar-refractivity contribution >= 4 is 0 Å². The summed E-state index contributed by atoms with van der Waals surface area (Å²) in [7, 11) is 1.74. The first-order valence-electron chi connectivity index (χ1n) is 4.64. The van der Waals surface area contributed by atoms with Gasteiger partial charge in [-0.2, -0.15) is 0 Å². The third-order valence-corrected chi connectivity index (χ3v) is 2.76. The van der Waals surface area contributed by atoms with Crippen molar-refractivity contribution in [1.29, 1.82) is 0 Å². The fraction of sp³-hybridized carbons (Fsp3) is 1.00. The van der Waals surface area contributed by atoms with Crippen molar-refractivity contribution in [2.75, 3.05) is 26.9 Å². The number of hydrogen-bond donors (Lipinski definition) is 0. The van der Waals surface area contributed by atoms with Crippen LogP contribution in [0.25, 0.3) is 0 Å². The zero-order valence-electron chi connectivity index (χ0n) is 7.49. The van der Waals surface area contributed by atoms with E-state index < -0.39 is 0 Å². The van der Waals surface area contributed by atoms with E-state index >= 15 is 0 Å². The van der Waals surface area contributed by atoms with Crippen LogP contribution in [-0.2, 0) is 14.2 Å². The number of methoxy groups -OCH3 is 1. The van der Waals surface area contributed by atoms with Crippen molar-refractivity contribution in [1.82, 2.24) is 0 Å². The Hall–Kier alpha value is -0.120. The summed E-state index contributed by atoms with van der Waals surface area (Å²) in [6, 6.07) is 0. The van der Waals surface area contributed by atoms with Crippen LogP contribution in [-0.4, -0.2) is 39.1 Å². The van der Waals surface area contributed by atoms with Crippen molar-refractivity contribution in [2.45, 2.75) is 25.0 Å². The second kappa shape index (κ2) is 3.73. The predicted molar refractivity (Wildman–Crippen MR) is 44.1 cm³/mol. The van der Waals surface area contributed by atoms with Crippen LogP contribution in [0.4, 0.5) is 0 Å². The van der Waals surface area contributed by atoms with E-state index in [0.29, 0.717) is 18.1 Å². The standard InChI is InChI=1S/C9H16O3/c1-10-4-2-7-6-12-8-3-5-11-9(7)8/h7-9H,2-6H2,1H3. The number of ether oxygens (including phenoxy) is 3. The SMILES string of the molecule is COCCC1COC2CCOC12. The molecule has 2 aliphatic heterocycles. The Morgan fingerprint density at radius 2 is 2.33 bits per heavy atom. The zero-order valence-corrected chi connectivity index (χ0v) is 7.49. The molecule has 3 heteroatoms. The van der Waals surface area contributed by atoms with E-state index in [1.54, 1.807) is 7.11 Å². The average molecular weight is 172 g/mol. The van der Waals surface area contributed by atoms with Gasteiger partial charge in [0.05, 0.1) is 18.8 Å². The predicted octanol–water partition coefficient (Wildman–Crippen LogP) is 0.827. The largest absolute Gasteiger partial charge is 0.385 e. The molecule has 0 N–H and O–H groups in total. The second-order valence-electron chi connectivity index (χ2n) is 3.54. The molecule has 2 saturated heterocycles. The van der Waals surface area contributed by atoms with Crippen molar-refractivity contribution in [3.8, 4) is 0 Å². The van der Waals surface area contributed by atoms with Crippen molar-refractivity contribution in [2.24, 2.45) is 5.92 Å². The molecule has 0 aromatic heterocycles. The van der Waals surface area contributed by atoms with Gasteiger partial charge in [0.1, 0.15) is 0 Å². The fourth-order valence-corrected chi connectivity index (χ4v) is 2.07. The summed E-state index contributed by atoms with van der Waals surface area (Å²) in [5.74, 6) is 0.567. The first-order chi connectivity index (χ1) is 5.92. The first kappa shape index (κ1) is 8.48. The topological polar surface area (TPSA) is 27.7 Å². The van der Waals surface area contributed by atoms with Crippen LogP contribution >= 0.6 is 0 Å². The van der Waals surface area contributed by atoms with Gasteiger partial charge in [0.15, 0.2) is 0 Å². The van der Waals surface area contributed by atoms with E-state index in [-0.39, 0.29) is 0 Å². The summed E-state index contributed by atoms with van der Waals surface area (Å²) < 4.78 is 16.3. The molecule has 3 nitrogen and oxygen atoms in total. The molecule has 70 valence electrons. The summed E-state index contributed by atoms with van der Waals surface area (Å²) in [6.45, 7) is 2.55. The Bertz CT molecular complexity index is 149. The van der Waals surface area contributed by atoms with Crippen LogP contribution in [0, 0.1) is 5.92 Å². The molecule has 12 heavy (non-hydrogen) atoms. The number of rotatable bonds is 3. The molecule has 2 aliphatic rings.